The van der Waals surface area contributed by atoms with E-state index in [0.717, 1.165) is 10.0 Å². The lowest BCUT2D eigenvalue weighted by Gasteiger charge is -2.17. The van der Waals surface area contributed by atoms with Gasteiger partial charge in [0.15, 0.2) is 5.16 Å². The van der Waals surface area contributed by atoms with E-state index < -0.39 is 10.8 Å². The summed E-state index contributed by atoms with van der Waals surface area (Å²) >= 11 is 4.64. The molecule has 1 atom stereocenters. The number of H-pyrrole nitrogens is 1. The Morgan fingerprint density at radius 2 is 2.11 bits per heavy atom. The maximum Gasteiger partial charge on any atom is 0.270 e. The average Bonchev–Trinajstić information content (AvgIpc) is 3.15. The van der Waals surface area contributed by atoms with Crippen molar-refractivity contribution in [3.63, 3.8) is 0 Å². The third-order valence-electron chi connectivity index (χ3n) is 3.74. The van der Waals surface area contributed by atoms with Crippen LogP contribution < -0.4 is 5.32 Å². The van der Waals surface area contributed by atoms with Gasteiger partial charge < -0.3 is 5.32 Å². The molecule has 3 rings (SSSR count). The van der Waals surface area contributed by atoms with Crippen LogP contribution in [0.2, 0.25) is 0 Å². The van der Waals surface area contributed by atoms with Crippen molar-refractivity contribution in [2.24, 2.45) is 0 Å². The van der Waals surface area contributed by atoms with Gasteiger partial charge in [-0.05, 0) is 36.4 Å². The first kappa shape index (κ1) is 19.1. The van der Waals surface area contributed by atoms with E-state index in [9.17, 15) is 14.9 Å². The number of hydrogen-bond acceptors (Lipinski definition) is 6. The third-order valence-corrected chi connectivity index (χ3v) is 5.43. The number of benzene rings is 2. The molecule has 0 aliphatic heterocycles. The minimum Gasteiger partial charge on any atom is -0.345 e. The normalized spacial score (nSPS) is 11.8. The van der Waals surface area contributed by atoms with E-state index >= 15 is 0 Å². The highest BCUT2D eigenvalue weighted by Gasteiger charge is 2.20. The highest BCUT2D eigenvalue weighted by Crippen LogP contribution is 2.31. The second-order valence-corrected chi connectivity index (χ2v) is 7.43. The van der Waals surface area contributed by atoms with Crippen molar-refractivity contribution in [3.8, 4) is 0 Å². The van der Waals surface area contributed by atoms with Gasteiger partial charge in [0.25, 0.3) is 11.6 Å². The first-order valence-electron chi connectivity index (χ1n) is 7.82. The molecule has 0 spiro atoms. The second kappa shape index (κ2) is 8.31. The molecule has 0 bridgehead atoms. The quantitative estimate of drug-likeness (QED) is 0.433. The van der Waals surface area contributed by atoms with Gasteiger partial charge in [-0.3, -0.25) is 20.0 Å². The number of aromatic nitrogens is 3. The Kier molecular flexibility index (Phi) is 5.87. The summed E-state index contributed by atoms with van der Waals surface area (Å²) in [5.74, 6) is -0.413. The largest absolute Gasteiger partial charge is 0.345 e. The Morgan fingerprint density at radius 3 is 2.78 bits per heavy atom. The van der Waals surface area contributed by atoms with E-state index in [-0.39, 0.29) is 17.3 Å². The minimum absolute atomic E-state index is 0.157. The zero-order valence-electron chi connectivity index (χ0n) is 14.0. The Bertz CT molecular complexity index is 980. The third kappa shape index (κ3) is 4.52. The Hall–Kier alpha value is -2.72. The smallest absolute Gasteiger partial charge is 0.270 e. The van der Waals surface area contributed by atoms with Gasteiger partial charge in [-0.25, -0.2) is 4.98 Å². The number of nitrogens with zero attached hydrogens (tertiary/aromatic N) is 3. The van der Waals surface area contributed by atoms with Gasteiger partial charge >= 0.3 is 0 Å². The topological polar surface area (TPSA) is 114 Å². The van der Waals surface area contributed by atoms with Crippen LogP contribution in [0.15, 0.2) is 63.3 Å². The van der Waals surface area contributed by atoms with Crippen LogP contribution in [0.25, 0.3) is 0 Å². The maximum atomic E-state index is 12.9. The second-order valence-electron chi connectivity index (χ2n) is 5.55. The molecule has 1 heterocycles. The minimum atomic E-state index is -0.531. The van der Waals surface area contributed by atoms with E-state index in [1.54, 1.807) is 0 Å². The number of nitrogens with one attached hydrogen (secondary N) is 2. The fraction of sp³-hybridized carbons (Fsp3) is 0.118. The number of carbonyl (C=O) groups excluding carboxylic acids is 1. The van der Waals surface area contributed by atoms with Crippen molar-refractivity contribution in [1.29, 1.82) is 0 Å². The van der Waals surface area contributed by atoms with Crippen molar-refractivity contribution in [1.82, 2.24) is 20.5 Å². The molecule has 27 heavy (non-hydrogen) atoms. The van der Waals surface area contributed by atoms with Crippen molar-refractivity contribution in [3.05, 3.63) is 74.5 Å². The van der Waals surface area contributed by atoms with Crippen molar-refractivity contribution in [2.45, 2.75) is 23.0 Å². The summed E-state index contributed by atoms with van der Waals surface area (Å²) < 4.78 is 0.869. The van der Waals surface area contributed by atoms with E-state index in [1.165, 1.54) is 36.3 Å². The summed E-state index contributed by atoms with van der Waals surface area (Å²) in [5.41, 5.74) is 0.945. The molecule has 1 aromatic heterocycles. The lowest BCUT2D eigenvalue weighted by atomic mass is 10.1. The van der Waals surface area contributed by atoms with Crippen LogP contribution in [0, 0.1) is 10.1 Å². The standard InChI is InChI=1S/C17H14BrN5O3S/c1-10(12-4-2-3-5-14(12)18)21-16(24)13-8-11(23(25)26)6-7-15(13)27-17-19-9-20-22-17/h2-10H,1H3,(H,21,24)(H,19,20,22). The van der Waals surface area contributed by atoms with Gasteiger partial charge in [-0.1, -0.05) is 34.1 Å². The van der Waals surface area contributed by atoms with Gasteiger partial charge in [0.05, 0.1) is 16.5 Å². The molecule has 0 saturated carbocycles. The molecule has 138 valence electrons. The molecule has 0 radical (unpaired) electrons. The van der Waals surface area contributed by atoms with Gasteiger partial charge in [-0.15, -0.1) is 0 Å². The number of hydrogen-bond donors (Lipinski definition) is 2. The van der Waals surface area contributed by atoms with Gasteiger partial charge in [0, 0.05) is 21.5 Å². The number of nitro benzene ring substituents is 1. The number of aromatic amines is 1. The summed E-state index contributed by atoms with van der Waals surface area (Å²) in [4.78, 5) is 28.0. The number of halogens is 1. The molecule has 2 N–H and O–H groups in total. The van der Waals surface area contributed by atoms with E-state index in [1.807, 2.05) is 31.2 Å². The van der Waals surface area contributed by atoms with Crippen molar-refractivity contribution >= 4 is 39.3 Å². The first-order valence-corrected chi connectivity index (χ1v) is 9.43. The zero-order valence-corrected chi connectivity index (χ0v) is 16.5. The average molecular weight is 448 g/mol. The lowest BCUT2D eigenvalue weighted by molar-refractivity contribution is -0.384. The number of carbonyl (C=O) groups is 1. The van der Waals surface area contributed by atoms with Gasteiger partial charge in [0.2, 0.25) is 0 Å². The number of non-ortho nitro benzene ring substituents is 1. The van der Waals surface area contributed by atoms with Crippen molar-refractivity contribution in [2.75, 3.05) is 0 Å². The summed E-state index contributed by atoms with van der Waals surface area (Å²) in [7, 11) is 0. The predicted octanol–water partition coefficient (Wildman–Crippen LogP) is 4.12. The van der Waals surface area contributed by atoms with Gasteiger partial charge in [0.1, 0.15) is 6.33 Å². The molecular formula is C17H14BrN5O3S. The van der Waals surface area contributed by atoms with Crippen LogP contribution in [0.5, 0.6) is 0 Å². The molecule has 1 unspecified atom stereocenters. The Morgan fingerprint density at radius 1 is 1.33 bits per heavy atom. The van der Waals surface area contributed by atoms with E-state index in [4.69, 9.17) is 0 Å². The van der Waals surface area contributed by atoms with Crippen LogP contribution in [0.1, 0.15) is 28.9 Å². The van der Waals surface area contributed by atoms with Crippen LogP contribution >= 0.6 is 27.7 Å². The first-order chi connectivity index (χ1) is 13.0. The summed E-state index contributed by atoms with van der Waals surface area (Å²) in [5, 5.41) is 21.0. The molecule has 3 aromatic rings. The fourth-order valence-corrected chi connectivity index (χ4v) is 3.86. The summed E-state index contributed by atoms with van der Waals surface area (Å²) in [6, 6.07) is 11.4. The maximum absolute atomic E-state index is 12.9. The van der Waals surface area contributed by atoms with Crippen LogP contribution in [0.3, 0.4) is 0 Å². The van der Waals surface area contributed by atoms with Crippen molar-refractivity contribution < 1.29 is 9.72 Å². The fourth-order valence-electron chi connectivity index (χ4n) is 2.42. The lowest BCUT2D eigenvalue weighted by Crippen LogP contribution is -2.27. The molecule has 2 aromatic carbocycles. The molecule has 0 aliphatic rings. The zero-order chi connectivity index (χ0) is 19.4. The van der Waals surface area contributed by atoms with Crippen LogP contribution in [0.4, 0.5) is 5.69 Å². The number of nitro groups is 1. The predicted molar refractivity (Wildman–Crippen MR) is 104 cm³/mol. The SMILES string of the molecule is CC(NC(=O)c1cc([N+](=O)[O-])ccc1Sc1ncn[nH]1)c1ccccc1Br. The van der Waals surface area contributed by atoms with E-state index in [2.05, 4.69) is 36.4 Å². The Labute approximate surface area is 167 Å². The summed E-state index contributed by atoms with van der Waals surface area (Å²) in [6.07, 6.45) is 1.35. The molecule has 0 fully saturated rings. The molecule has 0 aliphatic carbocycles. The molecule has 1 amide bonds. The summed E-state index contributed by atoms with van der Waals surface area (Å²) in [6.45, 7) is 1.85. The molecular weight excluding hydrogens is 434 g/mol. The molecule has 10 heteroatoms. The van der Waals surface area contributed by atoms with Crippen LogP contribution in [-0.2, 0) is 0 Å². The molecule has 8 nitrogen and oxygen atoms in total. The number of amides is 1. The molecule has 0 saturated heterocycles. The number of rotatable bonds is 6. The highest BCUT2D eigenvalue weighted by molar-refractivity contribution is 9.10. The van der Waals surface area contributed by atoms with Gasteiger partial charge in [-0.2, -0.15) is 5.10 Å². The van der Waals surface area contributed by atoms with Crippen LogP contribution in [-0.4, -0.2) is 26.0 Å². The highest BCUT2D eigenvalue weighted by atomic mass is 79.9. The monoisotopic (exact) mass is 447 g/mol. The Balaban J connectivity index is 1.90. The van der Waals surface area contributed by atoms with E-state index in [0.29, 0.717) is 10.1 Å².